The summed E-state index contributed by atoms with van der Waals surface area (Å²) >= 11 is 0. The molecular weight excluding hydrogens is 262 g/mol. The van der Waals surface area contributed by atoms with E-state index in [2.05, 4.69) is 43.0 Å². The van der Waals surface area contributed by atoms with E-state index < -0.39 is 5.41 Å². The van der Waals surface area contributed by atoms with Crippen molar-refractivity contribution in [3.63, 3.8) is 0 Å². The van der Waals surface area contributed by atoms with E-state index in [4.69, 9.17) is 11.5 Å². The second kappa shape index (κ2) is 6.16. The fourth-order valence-corrected chi connectivity index (χ4v) is 3.24. The van der Waals surface area contributed by atoms with Crippen LogP contribution in [-0.2, 0) is 4.79 Å². The van der Waals surface area contributed by atoms with Gasteiger partial charge in [-0.1, -0.05) is 36.8 Å². The molecule has 1 amide bonds. The number of aryl methyl sites for hydroxylation is 1. The molecule has 1 heterocycles. The Morgan fingerprint density at radius 3 is 2.71 bits per heavy atom. The van der Waals surface area contributed by atoms with E-state index in [-0.39, 0.29) is 18.0 Å². The van der Waals surface area contributed by atoms with E-state index in [1.54, 1.807) is 0 Å². The second-order valence-corrected chi connectivity index (χ2v) is 6.58. The number of hydrogen-bond acceptors (Lipinski definition) is 3. The Bertz CT molecular complexity index is 517. The Balaban J connectivity index is 2.28. The predicted octanol–water partition coefficient (Wildman–Crippen LogP) is 1.97. The molecule has 116 valence electrons. The van der Waals surface area contributed by atoms with Crippen molar-refractivity contribution < 1.29 is 4.79 Å². The lowest BCUT2D eigenvalue weighted by atomic mass is 9.89. The zero-order valence-corrected chi connectivity index (χ0v) is 13.3. The van der Waals surface area contributed by atoms with Gasteiger partial charge in [0.1, 0.15) is 0 Å². The van der Waals surface area contributed by atoms with Crippen LogP contribution in [0.5, 0.6) is 0 Å². The quantitative estimate of drug-likeness (QED) is 0.870. The van der Waals surface area contributed by atoms with Gasteiger partial charge in [-0.15, -0.1) is 0 Å². The van der Waals surface area contributed by atoms with Crippen molar-refractivity contribution in [2.45, 2.75) is 45.7 Å². The van der Waals surface area contributed by atoms with E-state index in [1.807, 2.05) is 6.92 Å². The Morgan fingerprint density at radius 1 is 1.48 bits per heavy atom. The Labute approximate surface area is 127 Å². The van der Waals surface area contributed by atoms with Gasteiger partial charge in [-0.2, -0.15) is 0 Å². The van der Waals surface area contributed by atoms with Crippen molar-refractivity contribution in [3.8, 4) is 0 Å². The van der Waals surface area contributed by atoms with Gasteiger partial charge in [-0.25, -0.2) is 0 Å². The number of benzene rings is 1. The Hall–Kier alpha value is -1.39. The molecule has 21 heavy (non-hydrogen) atoms. The summed E-state index contributed by atoms with van der Waals surface area (Å²) in [6.07, 6.45) is 1.71. The number of rotatable bonds is 5. The highest BCUT2D eigenvalue weighted by molar-refractivity contribution is 5.81. The minimum absolute atomic E-state index is 0.0574. The normalized spacial score (nSPS) is 25.7. The number of carbonyl (C=O) groups is 1. The molecule has 0 aliphatic carbocycles. The number of primary amides is 1. The van der Waals surface area contributed by atoms with Gasteiger partial charge in [0, 0.05) is 18.6 Å². The first-order valence-corrected chi connectivity index (χ1v) is 7.73. The molecule has 4 N–H and O–H groups in total. The molecule has 2 rings (SSSR count). The number of carbonyl (C=O) groups excluding carboxylic acids is 1. The van der Waals surface area contributed by atoms with E-state index in [1.165, 1.54) is 11.1 Å². The molecule has 0 bridgehead atoms. The van der Waals surface area contributed by atoms with Crippen LogP contribution < -0.4 is 11.5 Å². The van der Waals surface area contributed by atoms with Gasteiger partial charge in [-0.05, 0) is 38.8 Å². The fourth-order valence-electron chi connectivity index (χ4n) is 3.24. The van der Waals surface area contributed by atoms with Crippen LogP contribution in [0, 0.1) is 12.3 Å². The molecule has 0 radical (unpaired) electrons. The largest absolute Gasteiger partial charge is 0.369 e. The first-order chi connectivity index (χ1) is 9.87. The molecule has 3 unspecified atom stereocenters. The highest BCUT2D eigenvalue weighted by Crippen LogP contribution is 2.36. The number of hydrogen-bond donors (Lipinski definition) is 2. The summed E-state index contributed by atoms with van der Waals surface area (Å²) in [6, 6.07) is 8.70. The molecule has 3 atom stereocenters. The summed E-state index contributed by atoms with van der Waals surface area (Å²) in [6.45, 7) is 7.72. The van der Waals surface area contributed by atoms with Gasteiger partial charge in [0.05, 0.1) is 5.41 Å². The van der Waals surface area contributed by atoms with E-state index in [0.29, 0.717) is 6.54 Å². The van der Waals surface area contributed by atoms with Crippen LogP contribution in [0.3, 0.4) is 0 Å². The monoisotopic (exact) mass is 289 g/mol. The predicted molar refractivity (Wildman–Crippen MR) is 85.7 cm³/mol. The maximum absolute atomic E-state index is 11.7. The van der Waals surface area contributed by atoms with Crippen molar-refractivity contribution in [2.75, 3.05) is 13.1 Å². The lowest BCUT2D eigenvalue weighted by Crippen LogP contribution is -2.43. The number of nitrogens with zero attached hydrogens (tertiary/aromatic N) is 1. The minimum atomic E-state index is -0.435. The third-order valence-corrected chi connectivity index (χ3v) is 4.75. The van der Waals surface area contributed by atoms with E-state index in [9.17, 15) is 4.79 Å². The van der Waals surface area contributed by atoms with Crippen LogP contribution in [0.25, 0.3) is 0 Å². The molecule has 1 aromatic carbocycles. The standard InChI is InChI=1S/C17H27N3O/c1-4-14(18)15(13-7-5-6-12(2)10-13)20-9-8-17(3,11-20)16(19)21/h5-7,10,14-15H,4,8-9,11,18H2,1-3H3,(H2,19,21). The summed E-state index contributed by atoms with van der Waals surface area (Å²) in [5.74, 6) is -0.210. The summed E-state index contributed by atoms with van der Waals surface area (Å²) < 4.78 is 0. The topological polar surface area (TPSA) is 72.3 Å². The first kappa shape index (κ1) is 16.0. The van der Waals surface area contributed by atoms with Crippen LogP contribution in [-0.4, -0.2) is 29.9 Å². The number of nitrogens with two attached hydrogens (primary N) is 2. The lowest BCUT2D eigenvalue weighted by Gasteiger charge is -2.33. The maximum atomic E-state index is 11.7. The van der Waals surface area contributed by atoms with Gasteiger partial charge in [0.15, 0.2) is 0 Å². The van der Waals surface area contributed by atoms with Crippen LogP contribution in [0.4, 0.5) is 0 Å². The van der Waals surface area contributed by atoms with Gasteiger partial charge in [0.2, 0.25) is 5.91 Å². The zero-order chi connectivity index (χ0) is 15.6. The first-order valence-electron chi connectivity index (χ1n) is 7.73. The minimum Gasteiger partial charge on any atom is -0.369 e. The summed E-state index contributed by atoms with van der Waals surface area (Å²) in [7, 11) is 0. The highest BCUT2D eigenvalue weighted by atomic mass is 16.1. The number of likely N-dealkylation sites (tertiary alicyclic amines) is 1. The molecule has 1 fully saturated rings. The molecule has 1 aliphatic rings. The van der Waals surface area contributed by atoms with Gasteiger partial charge < -0.3 is 11.5 Å². The van der Waals surface area contributed by atoms with Crippen molar-refractivity contribution in [3.05, 3.63) is 35.4 Å². The number of amides is 1. The fraction of sp³-hybridized carbons (Fsp3) is 0.588. The van der Waals surface area contributed by atoms with Crippen LogP contribution in [0.15, 0.2) is 24.3 Å². The van der Waals surface area contributed by atoms with E-state index >= 15 is 0 Å². The molecule has 1 aliphatic heterocycles. The second-order valence-electron chi connectivity index (χ2n) is 6.58. The Kier molecular flexibility index (Phi) is 4.69. The molecule has 4 nitrogen and oxygen atoms in total. The highest BCUT2D eigenvalue weighted by Gasteiger charge is 2.42. The summed E-state index contributed by atoms with van der Waals surface area (Å²) in [5, 5.41) is 0. The average molecular weight is 289 g/mol. The third kappa shape index (κ3) is 3.27. The van der Waals surface area contributed by atoms with Crippen LogP contribution >= 0.6 is 0 Å². The molecule has 0 spiro atoms. The SMILES string of the molecule is CCC(N)C(c1cccc(C)c1)N1CCC(C)(C(N)=O)C1. The van der Waals surface area contributed by atoms with Crippen molar-refractivity contribution in [1.29, 1.82) is 0 Å². The Morgan fingerprint density at radius 2 is 2.19 bits per heavy atom. The molecule has 1 saturated heterocycles. The molecule has 0 aromatic heterocycles. The van der Waals surface area contributed by atoms with Crippen molar-refractivity contribution in [1.82, 2.24) is 4.90 Å². The third-order valence-electron chi connectivity index (χ3n) is 4.75. The molecular formula is C17H27N3O. The maximum Gasteiger partial charge on any atom is 0.224 e. The summed E-state index contributed by atoms with van der Waals surface area (Å²) in [5.41, 5.74) is 14.0. The molecule has 1 aromatic rings. The van der Waals surface area contributed by atoms with Crippen LogP contribution in [0.1, 0.15) is 43.9 Å². The molecule has 4 heteroatoms. The van der Waals surface area contributed by atoms with Crippen molar-refractivity contribution in [2.24, 2.45) is 16.9 Å². The lowest BCUT2D eigenvalue weighted by molar-refractivity contribution is -0.126. The van der Waals surface area contributed by atoms with Gasteiger partial charge in [-0.3, -0.25) is 9.69 Å². The van der Waals surface area contributed by atoms with Gasteiger partial charge >= 0.3 is 0 Å². The molecule has 0 saturated carbocycles. The summed E-state index contributed by atoms with van der Waals surface area (Å²) in [4.78, 5) is 14.0. The smallest absolute Gasteiger partial charge is 0.224 e. The van der Waals surface area contributed by atoms with Gasteiger partial charge in [0.25, 0.3) is 0 Å². The van der Waals surface area contributed by atoms with Crippen LogP contribution in [0.2, 0.25) is 0 Å². The van der Waals surface area contributed by atoms with E-state index in [0.717, 1.165) is 19.4 Å². The zero-order valence-electron chi connectivity index (χ0n) is 13.3. The van der Waals surface area contributed by atoms with Crippen molar-refractivity contribution >= 4 is 5.91 Å². The average Bonchev–Trinajstić information content (AvgIpc) is 2.83.